The summed E-state index contributed by atoms with van der Waals surface area (Å²) in [5.41, 5.74) is 1.97. The minimum absolute atomic E-state index is 0. The Morgan fingerprint density at radius 2 is 0.897 bits per heavy atom. The van der Waals surface area contributed by atoms with Crippen molar-refractivity contribution < 1.29 is 39.9 Å². The monoisotopic (exact) mass is 625 g/mol. The number of nitrogens with zero attached hydrogens (tertiary/aromatic N) is 8. The normalized spacial score (nSPS) is 13.8. The first-order chi connectivity index (χ1) is 18.5. The van der Waals surface area contributed by atoms with Crippen LogP contribution in [0.15, 0.2) is 95.1 Å². The Bertz CT molecular complexity index is 1350. The number of rotatable bonds is 4. The number of halogens is 4. The first-order valence-electron chi connectivity index (χ1n) is 11.2. The zero-order valence-corrected chi connectivity index (χ0v) is 21.3. The van der Waals surface area contributed by atoms with E-state index in [1.54, 1.807) is 23.1 Å². The van der Waals surface area contributed by atoms with E-state index < -0.39 is 23.8 Å². The molecule has 0 atom stereocenters. The van der Waals surface area contributed by atoms with Crippen molar-refractivity contribution in [3.8, 4) is 0 Å². The Morgan fingerprint density at radius 3 is 1.26 bits per heavy atom. The van der Waals surface area contributed by atoms with E-state index in [9.17, 15) is 17.6 Å². The van der Waals surface area contributed by atoms with E-state index in [1.165, 1.54) is 34.8 Å². The van der Waals surface area contributed by atoms with Crippen molar-refractivity contribution in [3.05, 3.63) is 122 Å². The fourth-order valence-electron chi connectivity index (χ4n) is 3.44. The first-order valence-corrected chi connectivity index (χ1v) is 11.2. The summed E-state index contributed by atoms with van der Waals surface area (Å²) in [7, 11) is 0. The van der Waals surface area contributed by atoms with Gasteiger partial charge in [0, 0.05) is 11.4 Å². The third-order valence-electron chi connectivity index (χ3n) is 5.26. The summed E-state index contributed by atoms with van der Waals surface area (Å²) < 4.78 is 52.5. The van der Waals surface area contributed by atoms with Crippen LogP contribution in [0, 0.1) is 37.1 Å². The molecule has 0 unspecified atom stereocenters. The minimum Gasteiger partial charge on any atom is -0.463 e. The van der Waals surface area contributed by atoms with Gasteiger partial charge in [0.25, 0.3) is 0 Å². The van der Waals surface area contributed by atoms with Crippen molar-refractivity contribution in [1.29, 1.82) is 0 Å². The van der Waals surface area contributed by atoms with Crippen molar-refractivity contribution in [2.45, 2.75) is 0 Å². The van der Waals surface area contributed by atoms with Gasteiger partial charge in [0.05, 0.1) is 24.1 Å². The van der Waals surface area contributed by atoms with Crippen molar-refractivity contribution in [2.75, 3.05) is 19.8 Å². The van der Waals surface area contributed by atoms with Crippen LogP contribution in [0.5, 0.6) is 0 Å². The number of para-hydroxylation sites is 2. The van der Waals surface area contributed by atoms with E-state index in [2.05, 4.69) is 20.2 Å². The molecule has 0 saturated carbocycles. The van der Waals surface area contributed by atoms with Gasteiger partial charge in [-0.2, -0.15) is 37.7 Å². The molecule has 0 N–H and O–H groups in total. The summed E-state index contributed by atoms with van der Waals surface area (Å²) in [4.78, 5) is 9.71. The Kier molecular flexibility index (Phi) is 8.92. The number of benzene rings is 2. The average Bonchev–Trinajstić information content (AvgIpc) is 3.61. The maximum absolute atomic E-state index is 13.5. The molecule has 0 spiro atoms. The Hall–Kier alpha value is -4.26. The summed E-state index contributed by atoms with van der Waals surface area (Å²) >= 11 is 0. The molecule has 0 fully saturated rings. The number of aromatic nitrogens is 2. The summed E-state index contributed by atoms with van der Waals surface area (Å²) in [6, 6.07) is 23.7. The summed E-state index contributed by atoms with van der Waals surface area (Å²) in [6.45, 7) is 3.18. The molecule has 39 heavy (non-hydrogen) atoms. The topological polar surface area (TPSA) is 63.5 Å². The maximum Gasteiger partial charge on any atom is 1.00 e. The molecule has 8 nitrogen and oxygen atoms in total. The van der Waals surface area contributed by atoms with E-state index >= 15 is 0 Å². The molecular weight excluding hydrogens is 608 g/mol. The van der Waals surface area contributed by atoms with Crippen LogP contribution >= 0.6 is 0 Å². The van der Waals surface area contributed by atoms with E-state index in [0.29, 0.717) is 0 Å². The Morgan fingerprint density at radius 1 is 0.513 bits per heavy atom. The molecule has 6 rings (SSSR count). The standard InChI is InChI=1S/2C13H9F2N4.Ag/c2*14-12-7-6-11(13(15)17-12)19-9-18(8-16-19)10-4-2-1-3-5-10;/h2*1-9H;/q2*-1;+1. The van der Waals surface area contributed by atoms with E-state index in [0.717, 1.165) is 23.5 Å². The second-order valence-corrected chi connectivity index (χ2v) is 7.76. The van der Waals surface area contributed by atoms with E-state index in [1.807, 2.05) is 60.7 Å². The quantitative estimate of drug-likeness (QED) is 0.129. The third-order valence-corrected chi connectivity index (χ3v) is 5.26. The molecule has 0 saturated heterocycles. The molecule has 2 aromatic heterocycles. The van der Waals surface area contributed by atoms with Gasteiger partial charge in [0.1, 0.15) is 0 Å². The van der Waals surface area contributed by atoms with Crippen LogP contribution in [0.25, 0.3) is 0 Å². The number of hydrogen-bond donors (Lipinski definition) is 0. The molecule has 2 aromatic carbocycles. The van der Waals surface area contributed by atoms with Gasteiger partial charge in [-0.3, -0.25) is 0 Å². The van der Waals surface area contributed by atoms with Crippen molar-refractivity contribution >= 4 is 35.4 Å². The van der Waals surface area contributed by atoms with Gasteiger partial charge >= 0.3 is 22.4 Å². The van der Waals surface area contributed by atoms with Gasteiger partial charge in [-0.05, 0) is 48.5 Å². The predicted molar refractivity (Wildman–Crippen MR) is 137 cm³/mol. The van der Waals surface area contributed by atoms with Crippen LogP contribution in [0.4, 0.5) is 40.3 Å². The van der Waals surface area contributed by atoms with Crippen LogP contribution in [-0.2, 0) is 22.4 Å². The number of pyridine rings is 2. The third kappa shape index (κ3) is 6.60. The van der Waals surface area contributed by atoms with Crippen LogP contribution in [0.1, 0.15) is 0 Å². The SMILES string of the molecule is Fc1ccc(N2[CH-]N(c3ccccc3)C=N2)c(F)n1.Fc1ccc(N2[CH-]N(c3ccccc3)C=N2)c(F)n1.[Ag+]. The van der Waals surface area contributed by atoms with Gasteiger partial charge in [0.15, 0.2) is 0 Å². The molecule has 2 aliphatic rings. The average molecular weight is 626 g/mol. The molecule has 0 bridgehead atoms. The summed E-state index contributed by atoms with van der Waals surface area (Å²) in [6.07, 6.45) is 3.08. The van der Waals surface area contributed by atoms with Gasteiger partial charge in [-0.25, -0.2) is 0 Å². The van der Waals surface area contributed by atoms with Crippen molar-refractivity contribution in [1.82, 2.24) is 9.97 Å². The van der Waals surface area contributed by atoms with Gasteiger partial charge in [-0.1, -0.05) is 36.4 Å². The smallest absolute Gasteiger partial charge is 0.463 e. The van der Waals surface area contributed by atoms with Gasteiger partial charge in [-0.15, -0.1) is 13.3 Å². The zero-order valence-electron chi connectivity index (χ0n) is 19.8. The molecule has 2 aliphatic heterocycles. The molecule has 0 radical (unpaired) electrons. The summed E-state index contributed by atoms with van der Waals surface area (Å²) in [5.74, 6) is -3.51. The fourth-order valence-corrected chi connectivity index (χ4v) is 3.44. The van der Waals surface area contributed by atoms with Gasteiger partial charge < -0.3 is 19.8 Å². The number of hydrazone groups is 2. The second kappa shape index (κ2) is 12.5. The number of hydrogen-bond acceptors (Lipinski definition) is 8. The Labute approximate surface area is 237 Å². The van der Waals surface area contributed by atoms with Crippen LogP contribution in [0.3, 0.4) is 0 Å². The largest absolute Gasteiger partial charge is 1.00 e. The molecule has 0 aliphatic carbocycles. The first kappa shape index (κ1) is 27.8. The number of anilines is 4. The van der Waals surface area contributed by atoms with E-state index in [-0.39, 0.29) is 33.8 Å². The summed E-state index contributed by atoms with van der Waals surface area (Å²) in [5, 5.41) is 10.7. The second-order valence-electron chi connectivity index (χ2n) is 7.76. The molecule has 0 amide bonds. The molecule has 13 heteroatoms. The maximum atomic E-state index is 13.5. The molecule has 4 aromatic rings. The fraction of sp³-hybridized carbons (Fsp3) is 0. The molecule has 202 valence electrons. The molecular formula is C26H18AgF4N8-. The van der Waals surface area contributed by atoms with Crippen LogP contribution in [0.2, 0.25) is 0 Å². The van der Waals surface area contributed by atoms with Crippen molar-refractivity contribution in [3.63, 3.8) is 0 Å². The van der Waals surface area contributed by atoms with Gasteiger partial charge in [0.2, 0.25) is 23.8 Å². The Balaban J connectivity index is 0.000000176. The minimum atomic E-state index is -0.900. The van der Waals surface area contributed by atoms with Crippen LogP contribution in [-0.4, -0.2) is 22.6 Å². The van der Waals surface area contributed by atoms with Crippen molar-refractivity contribution in [2.24, 2.45) is 10.2 Å². The zero-order chi connectivity index (χ0) is 26.5. The predicted octanol–water partition coefficient (Wildman–Crippen LogP) is 5.50. The molecule has 4 heterocycles. The van der Waals surface area contributed by atoms with Crippen LogP contribution < -0.4 is 19.8 Å². The van der Waals surface area contributed by atoms with E-state index in [4.69, 9.17) is 0 Å².